The Bertz CT molecular complexity index is 1190. The second kappa shape index (κ2) is 9.74. The highest BCUT2D eigenvalue weighted by molar-refractivity contribution is 7.13. The lowest BCUT2D eigenvalue weighted by Gasteiger charge is -2.36. The summed E-state index contributed by atoms with van der Waals surface area (Å²) in [6.07, 6.45) is 0. The molecule has 174 valence electrons. The zero-order chi connectivity index (χ0) is 23.5. The highest BCUT2D eigenvalue weighted by Crippen LogP contribution is 2.24. The average molecular weight is 475 g/mol. The smallest absolute Gasteiger partial charge is 0.290 e. The van der Waals surface area contributed by atoms with Crippen molar-refractivity contribution in [2.24, 2.45) is 4.99 Å². The molecule has 3 aromatic rings. The van der Waals surface area contributed by atoms with Gasteiger partial charge in [-0.3, -0.25) is 19.9 Å². The molecule has 0 bridgehead atoms. The van der Waals surface area contributed by atoms with Crippen LogP contribution in [0.1, 0.15) is 12.6 Å². The van der Waals surface area contributed by atoms with Gasteiger partial charge in [0.1, 0.15) is 11.0 Å². The first-order valence-electron chi connectivity index (χ1n) is 11.3. The van der Waals surface area contributed by atoms with Crippen LogP contribution in [0, 0.1) is 0 Å². The van der Waals surface area contributed by atoms with E-state index in [0.29, 0.717) is 18.8 Å². The highest BCUT2D eigenvalue weighted by atomic mass is 32.1. The summed E-state index contributed by atoms with van der Waals surface area (Å²) in [7, 11) is 0. The molecule has 9 heteroatoms. The Morgan fingerprint density at radius 3 is 2.41 bits per heavy atom. The number of thiazole rings is 1. The maximum atomic E-state index is 13.2. The van der Waals surface area contributed by atoms with Gasteiger partial charge < -0.3 is 4.90 Å². The quantitative estimate of drug-likeness (QED) is 0.615. The predicted molar refractivity (Wildman–Crippen MR) is 133 cm³/mol. The molecule has 2 aromatic carbocycles. The molecular formula is C25H26N6O2S. The number of hydrazine groups is 1. The Hall–Kier alpha value is -3.56. The fourth-order valence-corrected chi connectivity index (χ4v) is 4.90. The van der Waals surface area contributed by atoms with Crippen LogP contribution in [0.15, 0.2) is 71.0 Å². The van der Waals surface area contributed by atoms with Crippen LogP contribution in [-0.2, 0) is 16.1 Å². The molecule has 2 aliphatic rings. The summed E-state index contributed by atoms with van der Waals surface area (Å²) >= 11 is 1.66. The van der Waals surface area contributed by atoms with E-state index in [4.69, 9.17) is 4.98 Å². The van der Waals surface area contributed by atoms with Crippen molar-refractivity contribution in [3.63, 3.8) is 0 Å². The summed E-state index contributed by atoms with van der Waals surface area (Å²) in [5.74, 6) is -0.165. The molecule has 2 amide bonds. The number of carbonyl (C=O) groups is 2. The molecule has 1 fully saturated rings. The molecule has 3 heterocycles. The zero-order valence-corrected chi connectivity index (χ0v) is 19.7. The second-order valence-corrected chi connectivity index (χ2v) is 9.21. The number of aromatic nitrogens is 1. The Balaban J connectivity index is 1.19. The first kappa shape index (κ1) is 22.2. The number of rotatable bonds is 5. The van der Waals surface area contributed by atoms with Gasteiger partial charge in [-0.2, -0.15) is 0 Å². The van der Waals surface area contributed by atoms with Crippen molar-refractivity contribution in [3.8, 4) is 10.6 Å². The standard InChI is InChI=1S/C25H26N6O2S/c1-18-24(32)31(21-10-6-3-7-11-21)28-22(26-18)25(33)30-14-12-29(13-15-30)16-20-17-34-23(27-20)19-8-4-2-5-9-19/h2-11,17-18H,12-16H2,1H3,(H,26,28)/t18-/m0/s1. The van der Waals surface area contributed by atoms with Crippen LogP contribution in [0.4, 0.5) is 5.69 Å². The van der Waals surface area contributed by atoms with E-state index in [1.165, 1.54) is 5.01 Å². The van der Waals surface area contributed by atoms with Gasteiger partial charge in [0.15, 0.2) is 0 Å². The van der Waals surface area contributed by atoms with Crippen LogP contribution < -0.4 is 10.4 Å². The maximum absolute atomic E-state index is 13.2. The number of hydrogen-bond acceptors (Lipinski definition) is 7. The molecule has 0 radical (unpaired) electrons. The van der Waals surface area contributed by atoms with Gasteiger partial charge in [-0.1, -0.05) is 48.5 Å². The molecule has 2 aliphatic heterocycles. The van der Waals surface area contributed by atoms with Crippen molar-refractivity contribution >= 4 is 34.7 Å². The Morgan fingerprint density at radius 2 is 1.71 bits per heavy atom. The van der Waals surface area contributed by atoms with E-state index in [1.807, 2.05) is 48.5 Å². The van der Waals surface area contributed by atoms with Crippen molar-refractivity contribution in [1.29, 1.82) is 0 Å². The third-order valence-electron chi connectivity index (χ3n) is 5.95. The highest BCUT2D eigenvalue weighted by Gasteiger charge is 2.33. The van der Waals surface area contributed by atoms with E-state index in [-0.39, 0.29) is 17.6 Å². The Kier molecular flexibility index (Phi) is 6.37. The number of aliphatic imine (C=N–C) groups is 1. The molecule has 0 saturated carbocycles. The molecular weight excluding hydrogens is 448 g/mol. The van der Waals surface area contributed by atoms with Gasteiger partial charge in [-0.15, -0.1) is 11.3 Å². The molecule has 34 heavy (non-hydrogen) atoms. The van der Waals surface area contributed by atoms with Crippen LogP contribution in [0.5, 0.6) is 0 Å². The molecule has 8 nitrogen and oxygen atoms in total. The predicted octanol–water partition coefficient (Wildman–Crippen LogP) is 2.79. The number of amidine groups is 1. The van der Waals surface area contributed by atoms with Gasteiger partial charge in [-0.25, -0.2) is 15.0 Å². The van der Waals surface area contributed by atoms with Crippen LogP contribution in [0.2, 0.25) is 0 Å². The monoisotopic (exact) mass is 474 g/mol. The van der Waals surface area contributed by atoms with Gasteiger partial charge in [0.05, 0.1) is 11.4 Å². The number of benzene rings is 2. The number of para-hydroxylation sites is 1. The van der Waals surface area contributed by atoms with Crippen molar-refractivity contribution < 1.29 is 9.59 Å². The summed E-state index contributed by atoms with van der Waals surface area (Å²) in [5, 5.41) is 4.54. The Labute approximate surface area is 202 Å². The number of amides is 2. The lowest BCUT2D eigenvalue weighted by Crippen LogP contribution is -2.60. The fraction of sp³-hybridized carbons (Fsp3) is 0.280. The number of nitrogens with zero attached hydrogens (tertiary/aromatic N) is 5. The number of piperazine rings is 1. The molecule has 0 spiro atoms. The van der Waals surface area contributed by atoms with Gasteiger partial charge in [0.2, 0.25) is 5.84 Å². The summed E-state index contributed by atoms with van der Waals surface area (Å²) in [5.41, 5.74) is 5.80. The fourth-order valence-electron chi connectivity index (χ4n) is 4.08. The summed E-state index contributed by atoms with van der Waals surface area (Å²) in [6.45, 7) is 5.19. The van der Waals surface area contributed by atoms with Gasteiger partial charge in [0.25, 0.3) is 11.8 Å². The van der Waals surface area contributed by atoms with E-state index in [9.17, 15) is 9.59 Å². The minimum absolute atomic E-state index is 0.181. The van der Waals surface area contributed by atoms with E-state index >= 15 is 0 Å². The van der Waals surface area contributed by atoms with Crippen LogP contribution in [0.25, 0.3) is 10.6 Å². The third kappa shape index (κ3) is 4.71. The zero-order valence-electron chi connectivity index (χ0n) is 18.9. The van der Waals surface area contributed by atoms with E-state index in [0.717, 1.165) is 35.9 Å². The molecule has 1 saturated heterocycles. The van der Waals surface area contributed by atoms with Crippen molar-refractivity contribution in [2.45, 2.75) is 19.5 Å². The normalized spacial score (nSPS) is 19.0. The van der Waals surface area contributed by atoms with Gasteiger partial charge in [-0.05, 0) is 19.1 Å². The molecule has 1 N–H and O–H groups in total. The molecule has 0 unspecified atom stereocenters. The number of nitrogens with one attached hydrogen (secondary N) is 1. The van der Waals surface area contributed by atoms with Gasteiger partial charge in [0, 0.05) is 43.7 Å². The topological polar surface area (TPSA) is 81.1 Å². The summed E-state index contributed by atoms with van der Waals surface area (Å²) in [4.78, 5) is 39.0. The molecule has 5 rings (SSSR count). The van der Waals surface area contributed by atoms with E-state index < -0.39 is 6.04 Å². The largest absolute Gasteiger partial charge is 0.333 e. The second-order valence-electron chi connectivity index (χ2n) is 8.35. The number of hydrogen-bond donors (Lipinski definition) is 1. The lowest BCUT2D eigenvalue weighted by molar-refractivity contribution is -0.126. The molecule has 0 aliphatic carbocycles. The lowest BCUT2D eigenvalue weighted by atomic mass is 10.2. The minimum Gasteiger partial charge on any atom is -0.333 e. The van der Waals surface area contributed by atoms with Crippen LogP contribution >= 0.6 is 11.3 Å². The van der Waals surface area contributed by atoms with E-state index in [1.54, 1.807) is 23.2 Å². The van der Waals surface area contributed by atoms with Crippen LogP contribution in [-0.4, -0.2) is 64.7 Å². The van der Waals surface area contributed by atoms with Gasteiger partial charge >= 0.3 is 0 Å². The third-order valence-corrected chi connectivity index (χ3v) is 6.89. The van der Waals surface area contributed by atoms with Crippen molar-refractivity contribution in [3.05, 3.63) is 71.7 Å². The average Bonchev–Trinajstić information content (AvgIpc) is 3.35. The molecule has 1 atom stereocenters. The minimum atomic E-state index is -0.620. The number of anilines is 1. The van der Waals surface area contributed by atoms with Crippen LogP contribution in [0.3, 0.4) is 0 Å². The summed E-state index contributed by atoms with van der Waals surface area (Å²) in [6, 6.07) is 18.8. The summed E-state index contributed by atoms with van der Waals surface area (Å²) < 4.78 is 0. The first-order valence-corrected chi connectivity index (χ1v) is 12.2. The SMILES string of the molecule is C[C@@H]1N=C(C(=O)N2CCN(Cc3csc(-c4ccccc4)n3)CC2)NN(c2ccccc2)C1=O. The Morgan fingerprint density at radius 1 is 1.03 bits per heavy atom. The van der Waals surface area contributed by atoms with Crippen molar-refractivity contribution in [2.75, 3.05) is 31.2 Å². The van der Waals surface area contributed by atoms with Crippen molar-refractivity contribution in [1.82, 2.24) is 20.2 Å². The maximum Gasteiger partial charge on any atom is 0.290 e. The first-order chi connectivity index (χ1) is 16.6. The number of carbonyl (C=O) groups excluding carboxylic acids is 2. The molecule has 1 aromatic heterocycles. The van der Waals surface area contributed by atoms with E-state index in [2.05, 4.69) is 32.8 Å².